The molecule has 8 heteroatoms. The summed E-state index contributed by atoms with van der Waals surface area (Å²) in [7, 11) is 0. The zero-order valence-electron chi connectivity index (χ0n) is 16.5. The van der Waals surface area contributed by atoms with E-state index in [4.69, 9.17) is 9.47 Å². The molecule has 2 unspecified atom stereocenters. The lowest BCUT2D eigenvalue weighted by molar-refractivity contribution is -0.135. The molecule has 3 rings (SSSR count). The molecule has 0 bridgehead atoms. The Morgan fingerprint density at radius 1 is 1.10 bits per heavy atom. The summed E-state index contributed by atoms with van der Waals surface area (Å²) in [6.45, 7) is 1.65. The SMILES string of the molecule is C/C=C1\C(O)OC=C(C=O)C1CC(=O)Oc1ccc(C(=O)c2ccccc2O)c(O)c1. The van der Waals surface area contributed by atoms with E-state index in [1.165, 1.54) is 24.3 Å². The first-order chi connectivity index (χ1) is 14.8. The molecule has 0 spiro atoms. The number of carbonyl (C=O) groups excluding carboxylic acids is 3. The number of carbonyl (C=O) groups is 3. The third-order valence-corrected chi connectivity index (χ3v) is 4.86. The van der Waals surface area contributed by atoms with Crippen molar-refractivity contribution in [3.63, 3.8) is 0 Å². The van der Waals surface area contributed by atoms with Crippen LogP contribution in [0.25, 0.3) is 0 Å². The van der Waals surface area contributed by atoms with E-state index in [9.17, 15) is 29.7 Å². The Balaban J connectivity index is 1.75. The fourth-order valence-electron chi connectivity index (χ4n) is 3.28. The van der Waals surface area contributed by atoms with Gasteiger partial charge in [-0.25, -0.2) is 0 Å². The molecule has 0 radical (unpaired) electrons. The Labute approximate surface area is 177 Å². The fraction of sp³-hybridized carbons (Fsp3) is 0.174. The topological polar surface area (TPSA) is 130 Å². The Hall–Kier alpha value is -3.91. The molecule has 0 saturated carbocycles. The second kappa shape index (κ2) is 9.27. The van der Waals surface area contributed by atoms with E-state index in [1.807, 2.05) is 0 Å². The van der Waals surface area contributed by atoms with Crippen LogP contribution in [0.5, 0.6) is 17.2 Å². The minimum absolute atomic E-state index is 0.0115. The average Bonchev–Trinajstić information content (AvgIpc) is 2.74. The first-order valence-electron chi connectivity index (χ1n) is 9.37. The van der Waals surface area contributed by atoms with Crippen molar-refractivity contribution >= 4 is 18.0 Å². The lowest BCUT2D eigenvalue weighted by Crippen LogP contribution is -2.29. The number of hydrogen-bond acceptors (Lipinski definition) is 8. The molecule has 0 fully saturated rings. The van der Waals surface area contributed by atoms with Crippen LogP contribution in [0, 0.1) is 5.92 Å². The standard InChI is InChI=1S/C23H20O8/c1-2-15-18(13(11-24)12-30-23(15)29)10-21(27)31-14-7-8-17(20(26)9-14)22(28)16-5-3-4-6-19(16)25/h2-9,11-12,18,23,25-26,29H,10H2,1H3/b15-2-. The Morgan fingerprint density at radius 2 is 1.81 bits per heavy atom. The number of para-hydroxylation sites is 1. The van der Waals surface area contributed by atoms with Crippen LogP contribution in [0.2, 0.25) is 0 Å². The number of esters is 1. The zero-order valence-corrected chi connectivity index (χ0v) is 16.5. The number of allylic oxidation sites excluding steroid dienone is 2. The molecule has 2 atom stereocenters. The van der Waals surface area contributed by atoms with Crippen LogP contribution in [-0.2, 0) is 14.3 Å². The molecule has 2 aromatic rings. The van der Waals surface area contributed by atoms with Gasteiger partial charge in [-0.3, -0.25) is 14.4 Å². The highest BCUT2D eigenvalue weighted by molar-refractivity contribution is 6.12. The lowest BCUT2D eigenvalue weighted by Gasteiger charge is -2.27. The predicted octanol–water partition coefficient (Wildman–Crippen LogP) is 2.62. The molecule has 31 heavy (non-hydrogen) atoms. The minimum atomic E-state index is -1.27. The van der Waals surface area contributed by atoms with Crippen molar-refractivity contribution in [3.8, 4) is 17.2 Å². The van der Waals surface area contributed by atoms with Gasteiger partial charge in [0, 0.05) is 23.1 Å². The molecular weight excluding hydrogens is 404 g/mol. The van der Waals surface area contributed by atoms with Crippen molar-refractivity contribution in [1.29, 1.82) is 0 Å². The summed E-state index contributed by atoms with van der Waals surface area (Å²) in [5.41, 5.74) is 0.485. The van der Waals surface area contributed by atoms with Crippen LogP contribution in [0.1, 0.15) is 29.3 Å². The fourth-order valence-corrected chi connectivity index (χ4v) is 3.28. The highest BCUT2D eigenvalue weighted by atomic mass is 16.6. The quantitative estimate of drug-likeness (QED) is 0.212. The zero-order chi connectivity index (χ0) is 22.5. The van der Waals surface area contributed by atoms with Gasteiger partial charge >= 0.3 is 5.97 Å². The Bertz CT molecular complexity index is 1080. The van der Waals surface area contributed by atoms with Crippen molar-refractivity contribution in [2.24, 2.45) is 5.92 Å². The normalized spacial score (nSPS) is 19.3. The maximum absolute atomic E-state index is 12.5. The van der Waals surface area contributed by atoms with Gasteiger partial charge in [-0.15, -0.1) is 0 Å². The summed E-state index contributed by atoms with van der Waals surface area (Å²) < 4.78 is 10.2. The number of aliphatic hydroxyl groups excluding tert-OH is 1. The lowest BCUT2D eigenvalue weighted by atomic mass is 9.87. The summed E-state index contributed by atoms with van der Waals surface area (Å²) >= 11 is 0. The number of aliphatic hydroxyl groups is 1. The molecule has 1 aliphatic rings. The smallest absolute Gasteiger partial charge is 0.312 e. The number of benzene rings is 2. The van der Waals surface area contributed by atoms with Crippen molar-refractivity contribution < 1.29 is 39.2 Å². The van der Waals surface area contributed by atoms with Crippen molar-refractivity contribution in [2.45, 2.75) is 19.6 Å². The number of ketones is 1. The van der Waals surface area contributed by atoms with Crippen LogP contribution >= 0.6 is 0 Å². The molecule has 1 aliphatic heterocycles. The summed E-state index contributed by atoms with van der Waals surface area (Å²) in [6, 6.07) is 9.64. The molecule has 1 heterocycles. The molecule has 0 aliphatic carbocycles. The second-order valence-electron chi connectivity index (χ2n) is 6.77. The van der Waals surface area contributed by atoms with Crippen LogP contribution in [0.15, 0.2) is 65.9 Å². The van der Waals surface area contributed by atoms with E-state index in [0.717, 1.165) is 12.3 Å². The van der Waals surface area contributed by atoms with Crippen molar-refractivity contribution in [3.05, 3.63) is 77.1 Å². The van der Waals surface area contributed by atoms with Crippen LogP contribution in [0.3, 0.4) is 0 Å². The number of rotatable bonds is 6. The van der Waals surface area contributed by atoms with Gasteiger partial charge in [-0.2, -0.15) is 0 Å². The maximum atomic E-state index is 12.5. The summed E-state index contributed by atoms with van der Waals surface area (Å²) in [6.07, 6.45) is 1.69. The van der Waals surface area contributed by atoms with Gasteiger partial charge in [0.15, 0.2) is 5.78 Å². The number of aldehydes is 1. The highest BCUT2D eigenvalue weighted by Crippen LogP contribution is 2.32. The van der Waals surface area contributed by atoms with E-state index >= 15 is 0 Å². The van der Waals surface area contributed by atoms with E-state index in [1.54, 1.807) is 25.1 Å². The van der Waals surface area contributed by atoms with Gasteiger partial charge in [0.25, 0.3) is 0 Å². The highest BCUT2D eigenvalue weighted by Gasteiger charge is 2.31. The van der Waals surface area contributed by atoms with Crippen molar-refractivity contribution in [1.82, 2.24) is 0 Å². The first-order valence-corrected chi connectivity index (χ1v) is 9.37. The van der Waals surface area contributed by atoms with Crippen molar-refractivity contribution in [2.75, 3.05) is 0 Å². The first kappa shape index (κ1) is 21.8. The number of ether oxygens (including phenoxy) is 2. The molecule has 0 saturated heterocycles. The third-order valence-electron chi connectivity index (χ3n) is 4.86. The molecule has 160 valence electrons. The number of phenols is 2. The maximum Gasteiger partial charge on any atom is 0.312 e. The predicted molar refractivity (Wildman–Crippen MR) is 108 cm³/mol. The van der Waals surface area contributed by atoms with E-state index in [0.29, 0.717) is 11.9 Å². The van der Waals surface area contributed by atoms with Crippen LogP contribution in [0.4, 0.5) is 0 Å². The minimum Gasteiger partial charge on any atom is -0.507 e. The average molecular weight is 424 g/mol. The molecule has 8 nitrogen and oxygen atoms in total. The number of hydrogen-bond donors (Lipinski definition) is 3. The Morgan fingerprint density at radius 3 is 2.45 bits per heavy atom. The molecule has 3 N–H and O–H groups in total. The second-order valence-corrected chi connectivity index (χ2v) is 6.77. The van der Waals surface area contributed by atoms with Crippen LogP contribution < -0.4 is 4.74 Å². The number of phenolic OH excluding ortho intramolecular Hbond substituents is 2. The van der Waals surface area contributed by atoms with E-state index in [2.05, 4.69) is 0 Å². The van der Waals surface area contributed by atoms with E-state index < -0.39 is 29.7 Å². The third kappa shape index (κ3) is 4.65. The van der Waals surface area contributed by atoms with Crippen LogP contribution in [-0.4, -0.2) is 39.6 Å². The summed E-state index contributed by atoms with van der Waals surface area (Å²) in [4.78, 5) is 36.2. The van der Waals surface area contributed by atoms with Gasteiger partial charge in [-0.1, -0.05) is 18.2 Å². The van der Waals surface area contributed by atoms with Gasteiger partial charge in [0.2, 0.25) is 6.29 Å². The number of aromatic hydroxyl groups is 2. The molecule has 2 aromatic carbocycles. The monoisotopic (exact) mass is 424 g/mol. The largest absolute Gasteiger partial charge is 0.507 e. The molecule has 0 amide bonds. The van der Waals surface area contributed by atoms with Gasteiger partial charge in [0.1, 0.15) is 23.5 Å². The van der Waals surface area contributed by atoms with E-state index in [-0.39, 0.29) is 34.6 Å². The summed E-state index contributed by atoms with van der Waals surface area (Å²) in [5.74, 6) is -2.69. The molecular formula is C23H20O8. The molecule has 0 aromatic heterocycles. The Kier molecular flexibility index (Phi) is 6.52. The van der Waals surface area contributed by atoms with Gasteiger partial charge in [0.05, 0.1) is 23.8 Å². The van der Waals surface area contributed by atoms with Gasteiger partial charge in [-0.05, 0) is 31.2 Å². The van der Waals surface area contributed by atoms with Gasteiger partial charge < -0.3 is 24.8 Å². The summed E-state index contributed by atoms with van der Waals surface area (Å²) in [5, 5.41) is 30.0.